The molecule has 1 amide bonds. The molecule has 3 N–H and O–H groups in total. The third kappa shape index (κ3) is 4.03. The molecule has 0 aromatic carbocycles. The second kappa shape index (κ2) is 7.53. The van der Waals surface area contributed by atoms with Gasteiger partial charge in [0.25, 0.3) is 5.56 Å². The van der Waals surface area contributed by atoms with Gasteiger partial charge >= 0.3 is 0 Å². The number of aromatic nitrogens is 2. The predicted octanol–water partition coefficient (Wildman–Crippen LogP) is 1.49. The van der Waals surface area contributed by atoms with E-state index in [9.17, 15) is 9.59 Å². The van der Waals surface area contributed by atoms with E-state index < -0.39 is 6.04 Å². The number of hydrogen-bond donors (Lipinski definition) is 2. The maximum atomic E-state index is 12.0. The molecule has 116 valence electrons. The summed E-state index contributed by atoms with van der Waals surface area (Å²) in [5.41, 5.74) is 6.30. The van der Waals surface area contributed by atoms with E-state index in [1.54, 1.807) is 13.1 Å². The van der Waals surface area contributed by atoms with Gasteiger partial charge in [-0.1, -0.05) is 13.3 Å². The summed E-state index contributed by atoms with van der Waals surface area (Å²) in [6, 6.07) is 1.30. The fourth-order valence-corrected chi connectivity index (χ4v) is 2.74. The molecule has 8 heteroatoms. The lowest BCUT2D eigenvalue weighted by Crippen LogP contribution is -2.41. The van der Waals surface area contributed by atoms with Gasteiger partial charge in [0.05, 0.1) is 18.1 Å². The van der Waals surface area contributed by atoms with Crippen molar-refractivity contribution in [3.05, 3.63) is 27.6 Å². The Labute approximate surface area is 132 Å². The maximum absolute atomic E-state index is 12.0. The van der Waals surface area contributed by atoms with Crippen LogP contribution < -0.4 is 11.3 Å². The summed E-state index contributed by atoms with van der Waals surface area (Å²) in [5, 5.41) is 1.82. The molecule has 2 heterocycles. The van der Waals surface area contributed by atoms with Gasteiger partial charge in [0.15, 0.2) is 0 Å². The molecule has 1 atom stereocenters. The number of fused-ring (bicyclic) bond motifs is 1. The summed E-state index contributed by atoms with van der Waals surface area (Å²) in [5.74, 6) is 0.334. The van der Waals surface area contributed by atoms with Gasteiger partial charge in [0.2, 0.25) is 5.91 Å². The third-order valence-corrected chi connectivity index (χ3v) is 3.95. The molecule has 0 saturated carbocycles. The second-order valence-electron chi connectivity index (χ2n) is 4.74. The highest BCUT2D eigenvalue weighted by Crippen LogP contribution is 2.14. The molecule has 6 nitrogen and oxygen atoms in total. The molecule has 2 aromatic heterocycles. The molecule has 21 heavy (non-hydrogen) atoms. The Morgan fingerprint density at radius 1 is 1.57 bits per heavy atom. The van der Waals surface area contributed by atoms with Gasteiger partial charge in [-0.3, -0.25) is 9.59 Å². The van der Waals surface area contributed by atoms with Crippen LogP contribution in [0.3, 0.4) is 0 Å². The number of H-pyrrole nitrogens is 1. The maximum Gasteiger partial charge on any atom is 0.268 e. The minimum Gasteiger partial charge on any atom is -0.337 e. The molecule has 2 rings (SSSR count). The number of nitrogens with two attached hydrogens (primary N) is 1. The fraction of sp³-hybridized carbons (Fsp3) is 0.462. The molecule has 0 bridgehead atoms. The Morgan fingerprint density at radius 3 is 2.95 bits per heavy atom. The molecule has 0 spiro atoms. The normalized spacial score (nSPS) is 12.0. The van der Waals surface area contributed by atoms with Crippen molar-refractivity contribution < 1.29 is 4.79 Å². The van der Waals surface area contributed by atoms with Crippen molar-refractivity contribution in [3.63, 3.8) is 0 Å². The number of halogens is 1. The van der Waals surface area contributed by atoms with Crippen molar-refractivity contribution in [2.75, 3.05) is 7.05 Å². The highest BCUT2D eigenvalue weighted by atomic mass is 35.5. The minimum atomic E-state index is -0.499. The van der Waals surface area contributed by atoms with Crippen LogP contribution in [0.4, 0.5) is 0 Å². The predicted molar refractivity (Wildman–Crippen MR) is 86.8 cm³/mol. The first-order chi connectivity index (χ1) is 9.52. The second-order valence-corrected chi connectivity index (χ2v) is 5.65. The number of aromatic amines is 1. The molecule has 0 aliphatic heterocycles. The number of amides is 1. The SMILES string of the molecule is CCCC(N)C(=O)N(C)Cc1nc2ccsc2c(=O)[nH]1.Cl. The molecular formula is C13H19ClN4O2S. The average Bonchev–Trinajstić information content (AvgIpc) is 2.86. The van der Waals surface area contributed by atoms with Gasteiger partial charge < -0.3 is 15.6 Å². The number of nitrogens with zero attached hydrogens (tertiary/aromatic N) is 2. The van der Waals surface area contributed by atoms with Crippen molar-refractivity contribution in [1.82, 2.24) is 14.9 Å². The molecular weight excluding hydrogens is 312 g/mol. The van der Waals surface area contributed by atoms with Gasteiger partial charge in [-0.15, -0.1) is 23.7 Å². The topological polar surface area (TPSA) is 92.1 Å². The van der Waals surface area contributed by atoms with Crippen molar-refractivity contribution in [2.45, 2.75) is 32.4 Å². The monoisotopic (exact) mass is 330 g/mol. The van der Waals surface area contributed by atoms with Crippen LogP contribution in [0.1, 0.15) is 25.6 Å². The van der Waals surface area contributed by atoms with E-state index >= 15 is 0 Å². The zero-order valence-corrected chi connectivity index (χ0v) is 13.6. The minimum absolute atomic E-state index is 0. The lowest BCUT2D eigenvalue weighted by molar-refractivity contribution is -0.132. The molecule has 1 unspecified atom stereocenters. The number of carbonyl (C=O) groups excluding carboxylic acids is 1. The van der Waals surface area contributed by atoms with E-state index in [1.807, 2.05) is 12.3 Å². The Balaban J connectivity index is 0.00000220. The van der Waals surface area contributed by atoms with E-state index in [0.29, 0.717) is 22.5 Å². The Kier molecular flexibility index (Phi) is 6.32. The van der Waals surface area contributed by atoms with Gasteiger partial charge in [-0.2, -0.15) is 0 Å². The fourth-order valence-electron chi connectivity index (χ4n) is 2.02. The van der Waals surface area contributed by atoms with Crippen LogP contribution in [0.5, 0.6) is 0 Å². The highest BCUT2D eigenvalue weighted by Gasteiger charge is 2.18. The summed E-state index contributed by atoms with van der Waals surface area (Å²) in [6.45, 7) is 2.23. The summed E-state index contributed by atoms with van der Waals surface area (Å²) in [6.07, 6.45) is 1.51. The molecule has 0 fully saturated rings. The zero-order valence-electron chi connectivity index (χ0n) is 12.0. The number of hydrogen-bond acceptors (Lipinski definition) is 5. The molecule has 2 aromatic rings. The van der Waals surface area contributed by atoms with E-state index in [1.165, 1.54) is 16.2 Å². The van der Waals surface area contributed by atoms with Crippen LogP contribution in [-0.2, 0) is 11.3 Å². The smallest absolute Gasteiger partial charge is 0.268 e. The van der Waals surface area contributed by atoms with Crippen LogP contribution in [0, 0.1) is 0 Å². The first-order valence-corrected chi connectivity index (χ1v) is 7.37. The van der Waals surface area contributed by atoms with Gasteiger partial charge in [0.1, 0.15) is 10.5 Å². The largest absolute Gasteiger partial charge is 0.337 e. The molecule has 0 aliphatic rings. The van der Waals surface area contributed by atoms with Crippen molar-refractivity contribution in [2.24, 2.45) is 5.73 Å². The van der Waals surface area contributed by atoms with Crippen molar-refractivity contribution >= 4 is 39.9 Å². The lowest BCUT2D eigenvalue weighted by atomic mass is 10.1. The Hall–Kier alpha value is -1.44. The van der Waals surface area contributed by atoms with E-state index in [-0.39, 0.29) is 30.4 Å². The quantitative estimate of drug-likeness (QED) is 0.868. The van der Waals surface area contributed by atoms with Crippen LogP contribution in [0.25, 0.3) is 10.2 Å². The van der Waals surface area contributed by atoms with Gasteiger partial charge in [-0.05, 0) is 17.9 Å². The number of likely N-dealkylation sites (N-methyl/N-ethyl adjacent to an activating group) is 1. The summed E-state index contributed by atoms with van der Waals surface area (Å²) in [4.78, 5) is 32.4. The summed E-state index contributed by atoms with van der Waals surface area (Å²) < 4.78 is 0.602. The van der Waals surface area contributed by atoms with Crippen LogP contribution in [0.2, 0.25) is 0 Å². The van der Waals surface area contributed by atoms with Crippen molar-refractivity contribution in [1.29, 1.82) is 0 Å². The standard InChI is InChI=1S/C13H18N4O2S.ClH/c1-3-4-8(14)13(19)17(2)7-10-15-9-5-6-20-11(9)12(18)16-10;/h5-6,8H,3-4,7,14H2,1-2H3,(H,15,16,18);1H. The average molecular weight is 331 g/mol. The van der Waals surface area contributed by atoms with Crippen LogP contribution >= 0.6 is 23.7 Å². The number of nitrogens with one attached hydrogen (secondary N) is 1. The van der Waals surface area contributed by atoms with Gasteiger partial charge in [-0.25, -0.2) is 4.98 Å². The zero-order chi connectivity index (χ0) is 14.7. The van der Waals surface area contributed by atoms with Crippen molar-refractivity contribution in [3.8, 4) is 0 Å². The Bertz CT molecular complexity index is 669. The number of rotatable bonds is 5. The third-order valence-electron chi connectivity index (χ3n) is 3.04. The molecule has 0 aliphatic carbocycles. The summed E-state index contributed by atoms with van der Waals surface area (Å²) >= 11 is 1.35. The van der Waals surface area contributed by atoms with Gasteiger partial charge in [0, 0.05) is 7.05 Å². The number of carbonyl (C=O) groups is 1. The highest BCUT2D eigenvalue weighted by molar-refractivity contribution is 7.17. The first kappa shape index (κ1) is 17.6. The first-order valence-electron chi connectivity index (χ1n) is 6.50. The Morgan fingerprint density at radius 2 is 2.29 bits per heavy atom. The summed E-state index contributed by atoms with van der Waals surface area (Å²) in [7, 11) is 1.66. The van der Waals surface area contributed by atoms with E-state index in [4.69, 9.17) is 5.73 Å². The molecule has 0 radical (unpaired) electrons. The number of thiophene rings is 1. The van der Waals surface area contributed by atoms with E-state index in [2.05, 4.69) is 9.97 Å². The van der Waals surface area contributed by atoms with E-state index in [0.717, 1.165) is 6.42 Å². The van der Waals surface area contributed by atoms with Crippen LogP contribution in [0.15, 0.2) is 16.2 Å². The van der Waals surface area contributed by atoms with Crippen LogP contribution in [-0.4, -0.2) is 33.9 Å². The molecule has 0 saturated heterocycles. The lowest BCUT2D eigenvalue weighted by Gasteiger charge is -2.20.